The Morgan fingerprint density at radius 1 is 1.35 bits per heavy atom. The molecule has 0 saturated carbocycles. The van der Waals surface area contributed by atoms with Gasteiger partial charge in [0.25, 0.3) is 0 Å². The molecule has 0 amide bonds. The summed E-state index contributed by atoms with van der Waals surface area (Å²) in [5.41, 5.74) is 1.38. The van der Waals surface area contributed by atoms with Crippen LogP contribution in [0.5, 0.6) is 0 Å². The zero-order valence-corrected chi connectivity index (χ0v) is 11.0. The van der Waals surface area contributed by atoms with Crippen molar-refractivity contribution in [1.82, 2.24) is 9.55 Å². The second kappa shape index (κ2) is 4.17. The first-order valence-electron chi connectivity index (χ1n) is 6.13. The monoisotopic (exact) mass is 236 g/mol. The van der Waals surface area contributed by atoms with Crippen molar-refractivity contribution in [1.29, 1.82) is 0 Å². The summed E-state index contributed by atoms with van der Waals surface area (Å²) in [7, 11) is 1.43. The standard InChI is InChI=1S/C13H20N2O2/c1-13(2,3)11-10(12(16)17-4)15-8-6-5-7-9(15)14-11/h5-8H2,1-4H3. The van der Waals surface area contributed by atoms with Gasteiger partial charge in [-0.3, -0.25) is 0 Å². The van der Waals surface area contributed by atoms with E-state index in [2.05, 4.69) is 25.8 Å². The van der Waals surface area contributed by atoms with E-state index in [0.717, 1.165) is 37.3 Å². The molecule has 2 rings (SSSR count). The number of methoxy groups -OCH3 is 1. The molecule has 1 aliphatic heterocycles. The SMILES string of the molecule is COC(=O)c1c(C(C)(C)C)nc2n1CCCC2. The number of esters is 1. The molecule has 0 spiro atoms. The first-order chi connectivity index (χ1) is 7.95. The summed E-state index contributed by atoms with van der Waals surface area (Å²) in [6.07, 6.45) is 3.22. The van der Waals surface area contributed by atoms with Crippen LogP contribution in [-0.2, 0) is 23.1 Å². The van der Waals surface area contributed by atoms with Gasteiger partial charge in [-0.2, -0.15) is 0 Å². The Kier molecular flexibility index (Phi) is 2.98. The minimum atomic E-state index is -0.268. The van der Waals surface area contributed by atoms with E-state index in [4.69, 9.17) is 4.74 Å². The number of hydrogen-bond donors (Lipinski definition) is 0. The van der Waals surface area contributed by atoms with Crippen LogP contribution in [0.15, 0.2) is 0 Å². The van der Waals surface area contributed by atoms with Crippen LogP contribution >= 0.6 is 0 Å². The smallest absolute Gasteiger partial charge is 0.356 e. The molecule has 4 nitrogen and oxygen atoms in total. The van der Waals surface area contributed by atoms with E-state index >= 15 is 0 Å². The summed E-state index contributed by atoms with van der Waals surface area (Å²) in [6, 6.07) is 0. The zero-order valence-electron chi connectivity index (χ0n) is 11.0. The average molecular weight is 236 g/mol. The molecule has 17 heavy (non-hydrogen) atoms. The van der Waals surface area contributed by atoms with Crippen molar-refractivity contribution in [2.24, 2.45) is 0 Å². The molecular weight excluding hydrogens is 216 g/mol. The van der Waals surface area contributed by atoms with Crippen molar-refractivity contribution >= 4 is 5.97 Å². The number of imidazole rings is 1. The third-order valence-corrected chi connectivity index (χ3v) is 3.17. The quantitative estimate of drug-likeness (QED) is 0.703. The van der Waals surface area contributed by atoms with E-state index < -0.39 is 0 Å². The molecule has 0 bridgehead atoms. The highest BCUT2D eigenvalue weighted by molar-refractivity contribution is 5.89. The number of fused-ring (bicyclic) bond motifs is 1. The van der Waals surface area contributed by atoms with E-state index in [0.29, 0.717) is 5.69 Å². The van der Waals surface area contributed by atoms with Gasteiger partial charge in [-0.1, -0.05) is 20.8 Å². The van der Waals surface area contributed by atoms with Gasteiger partial charge >= 0.3 is 5.97 Å². The maximum Gasteiger partial charge on any atom is 0.356 e. The summed E-state index contributed by atoms with van der Waals surface area (Å²) in [5.74, 6) is 0.761. The average Bonchev–Trinajstić information content (AvgIpc) is 2.67. The Morgan fingerprint density at radius 2 is 2.06 bits per heavy atom. The zero-order chi connectivity index (χ0) is 12.6. The first kappa shape index (κ1) is 12.1. The molecule has 1 aliphatic rings. The van der Waals surface area contributed by atoms with E-state index in [1.165, 1.54) is 7.11 Å². The highest BCUT2D eigenvalue weighted by Crippen LogP contribution is 2.29. The highest BCUT2D eigenvalue weighted by Gasteiger charge is 2.31. The molecule has 1 aromatic heterocycles. The fourth-order valence-corrected chi connectivity index (χ4v) is 2.31. The fourth-order valence-electron chi connectivity index (χ4n) is 2.31. The molecule has 94 valence electrons. The fraction of sp³-hybridized carbons (Fsp3) is 0.692. The first-order valence-corrected chi connectivity index (χ1v) is 6.13. The van der Waals surface area contributed by atoms with Gasteiger partial charge in [0.1, 0.15) is 5.82 Å². The lowest BCUT2D eigenvalue weighted by molar-refractivity contribution is 0.0584. The number of aryl methyl sites for hydroxylation is 1. The van der Waals surface area contributed by atoms with E-state index in [9.17, 15) is 4.79 Å². The number of carbonyl (C=O) groups is 1. The van der Waals surface area contributed by atoms with Crippen LogP contribution in [0, 0.1) is 0 Å². The van der Waals surface area contributed by atoms with Crippen LogP contribution in [0.25, 0.3) is 0 Å². The highest BCUT2D eigenvalue weighted by atomic mass is 16.5. The molecule has 0 saturated heterocycles. The molecule has 0 aliphatic carbocycles. The third kappa shape index (κ3) is 2.08. The molecule has 0 radical (unpaired) electrons. The Hall–Kier alpha value is -1.32. The summed E-state index contributed by atoms with van der Waals surface area (Å²) in [6.45, 7) is 7.11. The van der Waals surface area contributed by atoms with Crippen molar-refractivity contribution in [3.63, 3.8) is 0 Å². The number of nitrogens with zero attached hydrogens (tertiary/aromatic N) is 2. The molecule has 0 fully saturated rings. The minimum absolute atomic E-state index is 0.131. The molecule has 0 N–H and O–H groups in total. The number of aromatic nitrogens is 2. The normalized spacial score (nSPS) is 15.5. The number of rotatable bonds is 1. The van der Waals surface area contributed by atoms with Crippen LogP contribution in [0.3, 0.4) is 0 Å². The topological polar surface area (TPSA) is 44.1 Å². The van der Waals surface area contributed by atoms with Gasteiger partial charge in [0.2, 0.25) is 0 Å². The van der Waals surface area contributed by atoms with Gasteiger partial charge in [0, 0.05) is 18.4 Å². The van der Waals surface area contributed by atoms with Crippen LogP contribution in [-0.4, -0.2) is 22.6 Å². The maximum atomic E-state index is 11.9. The molecular formula is C13H20N2O2. The second-order valence-electron chi connectivity index (χ2n) is 5.58. The lowest BCUT2D eigenvalue weighted by Crippen LogP contribution is -2.21. The van der Waals surface area contributed by atoms with Gasteiger partial charge in [0.15, 0.2) is 5.69 Å². The van der Waals surface area contributed by atoms with Gasteiger partial charge in [0.05, 0.1) is 12.8 Å². The second-order valence-corrected chi connectivity index (χ2v) is 5.58. The van der Waals surface area contributed by atoms with E-state index in [1.807, 2.05) is 4.57 Å². The lowest BCUT2D eigenvalue weighted by Gasteiger charge is -2.18. The largest absolute Gasteiger partial charge is 0.464 e. The molecule has 0 atom stereocenters. The predicted octanol–water partition coefficient (Wildman–Crippen LogP) is 2.30. The third-order valence-electron chi connectivity index (χ3n) is 3.17. The summed E-state index contributed by atoms with van der Waals surface area (Å²) in [5, 5.41) is 0. The van der Waals surface area contributed by atoms with Crippen LogP contribution in [0.4, 0.5) is 0 Å². The van der Waals surface area contributed by atoms with Gasteiger partial charge < -0.3 is 9.30 Å². The maximum absolute atomic E-state index is 11.9. The van der Waals surface area contributed by atoms with Gasteiger partial charge in [-0.25, -0.2) is 9.78 Å². The lowest BCUT2D eigenvalue weighted by atomic mass is 9.90. The molecule has 2 heterocycles. The summed E-state index contributed by atoms with van der Waals surface area (Å²) < 4.78 is 6.93. The van der Waals surface area contributed by atoms with Crippen LogP contribution in [0.1, 0.15) is 55.6 Å². The molecule has 0 aromatic carbocycles. The minimum Gasteiger partial charge on any atom is -0.464 e. The van der Waals surface area contributed by atoms with Gasteiger partial charge in [-0.05, 0) is 12.8 Å². The number of carbonyl (C=O) groups excluding carboxylic acids is 1. The Balaban J connectivity index is 2.59. The summed E-state index contributed by atoms with van der Waals surface area (Å²) in [4.78, 5) is 16.6. The number of hydrogen-bond acceptors (Lipinski definition) is 3. The van der Waals surface area contributed by atoms with E-state index in [1.54, 1.807) is 0 Å². The Bertz CT molecular complexity index is 441. The van der Waals surface area contributed by atoms with Crippen molar-refractivity contribution in [2.75, 3.05) is 7.11 Å². The Morgan fingerprint density at radius 3 is 2.65 bits per heavy atom. The molecule has 4 heteroatoms. The van der Waals surface area contributed by atoms with Crippen molar-refractivity contribution in [3.05, 3.63) is 17.2 Å². The van der Waals surface area contributed by atoms with Gasteiger partial charge in [-0.15, -0.1) is 0 Å². The van der Waals surface area contributed by atoms with Crippen LogP contribution < -0.4 is 0 Å². The number of ether oxygens (including phenoxy) is 1. The predicted molar refractivity (Wildman–Crippen MR) is 65.2 cm³/mol. The van der Waals surface area contributed by atoms with Crippen molar-refractivity contribution in [2.45, 2.75) is 52.0 Å². The van der Waals surface area contributed by atoms with Crippen molar-refractivity contribution in [3.8, 4) is 0 Å². The van der Waals surface area contributed by atoms with Crippen LogP contribution in [0.2, 0.25) is 0 Å². The van der Waals surface area contributed by atoms with E-state index in [-0.39, 0.29) is 11.4 Å². The molecule has 1 aromatic rings. The Labute approximate surface area is 102 Å². The van der Waals surface area contributed by atoms with Crippen molar-refractivity contribution < 1.29 is 9.53 Å². The summed E-state index contributed by atoms with van der Waals surface area (Å²) >= 11 is 0. The molecule has 0 unspecified atom stereocenters.